The molecule has 1 aromatic heterocycles. The third-order valence-corrected chi connectivity index (χ3v) is 2.95. The Hall–Kier alpha value is -1.09. The van der Waals surface area contributed by atoms with Gasteiger partial charge in [0.2, 0.25) is 0 Å². The van der Waals surface area contributed by atoms with E-state index in [9.17, 15) is 0 Å². The molecule has 18 heavy (non-hydrogen) atoms. The van der Waals surface area contributed by atoms with Crippen LogP contribution in [0.1, 0.15) is 46.2 Å². The number of hydrogen-bond acceptors (Lipinski definition) is 3. The van der Waals surface area contributed by atoms with E-state index < -0.39 is 0 Å². The van der Waals surface area contributed by atoms with E-state index in [1.54, 1.807) is 0 Å². The first-order valence-electron chi connectivity index (χ1n) is 7.11. The van der Waals surface area contributed by atoms with E-state index in [4.69, 9.17) is 0 Å². The topological polar surface area (TPSA) is 28.2 Å². The van der Waals surface area contributed by atoms with Crippen LogP contribution in [-0.4, -0.2) is 24.1 Å². The second-order valence-electron chi connectivity index (χ2n) is 4.97. The van der Waals surface area contributed by atoms with Crippen molar-refractivity contribution < 1.29 is 0 Å². The van der Waals surface area contributed by atoms with Gasteiger partial charge in [0.05, 0.1) is 5.69 Å². The number of anilines is 1. The van der Waals surface area contributed by atoms with Crippen LogP contribution in [-0.2, 0) is 6.54 Å². The summed E-state index contributed by atoms with van der Waals surface area (Å²) in [6.07, 6.45) is 4.25. The maximum absolute atomic E-state index is 4.42. The SMILES string of the molecule is CCCNCc1cc(N(CCC)C(C)C)ccn1. The summed E-state index contributed by atoms with van der Waals surface area (Å²) in [5, 5.41) is 3.40. The average Bonchev–Trinajstić information content (AvgIpc) is 2.36. The summed E-state index contributed by atoms with van der Waals surface area (Å²) in [5.74, 6) is 0. The lowest BCUT2D eigenvalue weighted by atomic mass is 10.2. The zero-order valence-corrected chi connectivity index (χ0v) is 12.2. The predicted molar refractivity (Wildman–Crippen MR) is 79.0 cm³/mol. The molecule has 1 rings (SSSR count). The van der Waals surface area contributed by atoms with Gasteiger partial charge in [-0.05, 0) is 45.4 Å². The molecule has 0 atom stereocenters. The van der Waals surface area contributed by atoms with Crippen LogP contribution in [0.15, 0.2) is 18.3 Å². The second kappa shape index (κ2) is 8.09. The van der Waals surface area contributed by atoms with E-state index in [2.05, 4.69) is 55.0 Å². The summed E-state index contributed by atoms with van der Waals surface area (Å²) >= 11 is 0. The van der Waals surface area contributed by atoms with E-state index in [-0.39, 0.29) is 0 Å². The zero-order valence-electron chi connectivity index (χ0n) is 12.2. The zero-order chi connectivity index (χ0) is 13.4. The lowest BCUT2D eigenvalue weighted by molar-refractivity contribution is 0.656. The number of pyridine rings is 1. The van der Waals surface area contributed by atoms with Crippen LogP contribution in [0.4, 0.5) is 5.69 Å². The lowest BCUT2D eigenvalue weighted by Gasteiger charge is -2.28. The predicted octanol–water partition coefficient (Wildman–Crippen LogP) is 3.21. The largest absolute Gasteiger partial charge is 0.369 e. The Morgan fingerprint density at radius 1 is 1.28 bits per heavy atom. The Labute approximate surface area is 112 Å². The molecule has 0 aliphatic carbocycles. The van der Waals surface area contributed by atoms with E-state index in [0.29, 0.717) is 6.04 Å². The minimum Gasteiger partial charge on any atom is -0.369 e. The Balaban J connectivity index is 2.72. The summed E-state index contributed by atoms with van der Waals surface area (Å²) in [5.41, 5.74) is 2.41. The normalized spacial score (nSPS) is 10.9. The van der Waals surface area contributed by atoms with Crippen LogP contribution >= 0.6 is 0 Å². The third kappa shape index (κ3) is 4.65. The standard InChI is InChI=1S/C15H27N3/c1-5-8-16-12-14-11-15(7-9-17-14)18(10-6-2)13(3)4/h7,9,11,13,16H,5-6,8,10,12H2,1-4H3. The molecule has 0 radical (unpaired) electrons. The fourth-order valence-electron chi connectivity index (χ4n) is 2.06. The fraction of sp³-hybridized carbons (Fsp3) is 0.667. The molecular formula is C15H27N3. The van der Waals surface area contributed by atoms with Gasteiger partial charge in [-0.1, -0.05) is 13.8 Å². The third-order valence-electron chi connectivity index (χ3n) is 2.95. The summed E-state index contributed by atoms with van der Waals surface area (Å²) < 4.78 is 0. The van der Waals surface area contributed by atoms with Gasteiger partial charge in [-0.3, -0.25) is 4.98 Å². The van der Waals surface area contributed by atoms with Crippen molar-refractivity contribution in [3.8, 4) is 0 Å². The van der Waals surface area contributed by atoms with Crippen molar-refractivity contribution in [3.05, 3.63) is 24.0 Å². The van der Waals surface area contributed by atoms with Crippen LogP contribution in [0.25, 0.3) is 0 Å². The lowest BCUT2D eigenvalue weighted by Crippen LogP contribution is -2.31. The molecule has 1 aromatic rings. The fourth-order valence-corrected chi connectivity index (χ4v) is 2.06. The van der Waals surface area contributed by atoms with Gasteiger partial charge in [0, 0.05) is 31.0 Å². The van der Waals surface area contributed by atoms with Crippen LogP contribution in [0.3, 0.4) is 0 Å². The Morgan fingerprint density at radius 2 is 2.06 bits per heavy atom. The monoisotopic (exact) mass is 249 g/mol. The molecule has 3 nitrogen and oxygen atoms in total. The quantitative estimate of drug-likeness (QED) is 0.717. The molecule has 3 heteroatoms. The first-order valence-corrected chi connectivity index (χ1v) is 7.11. The summed E-state index contributed by atoms with van der Waals surface area (Å²) in [6, 6.07) is 4.85. The molecular weight excluding hydrogens is 222 g/mol. The van der Waals surface area contributed by atoms with Gasteiger partial charge in [0.15, 0.2) is 0 Å². The Bertz CT molecular complexity index is 336. The van der Waals surface area contributed by atoms with Crippen LogP contribution < -0.4 is 10.2 Å². The Kier molecular flexibility index (Phi) is 6.73. The molecule has 1 N–H and O–H groups in total. The highest BCUT2D eigenvalue weighted by atomic mass is 15.1. The molecule has 102 valence electrons. The molecule has 0 saturated carbocycles. The average molecular weight is 249 g/mol. The van der Waals surface area contributed by atoms with Gasteiger partial charge in [-0.15, -0.1) is 0 Å². The van der Waals surface area contributed by atoms with Gasteiger partial charge < -0.3 is 10.2 Å². The Morgan fingerprint density at radius 3 is 2.67 bits per heavy atom. The molecule has 0 unspecified atom stereocenters. The van der Waals surface area contributed by atoms with Crippen LogP contribution in [0.2, 0.25) is 0 Å². The van der Waals surface area contributed by atoms with Gasteiger partial charge >= 0.3 is 0 Å². The number of nitrogens with zero attached hydrogens (tertiary/aromatic N) is 2. The number of nitrogens with one attached hydrogen (secondary N) is 1. The van der Waals surface area contributed by atoms with Gasteiger partial charge in [0.1, 0.15) is 0 Å². The van der Waals surface area contributed by atoms with Crippen molar-refractivity contribution in [2.75, 3.05) is 18.0 Å². The highest BCUT2D eigenvalue weighted by Gasteiger charge is 2.10. The summed E-state index contributed by atoms with van der Waals surface area (Å²) in [6.45, 7) is 11.9. The van der Waals surface area contributed by atoms with E-state index in [0.717, 1.165) is 31.7 Å². The van der Waals surface area contributed by atoms with Crippen molar-refractivity contribution in [1.82, 2.24) is 10.3 Å². The highest BCUT2D eigenvalue weighted by Crippen LogP contribution is 2.17. The van der Waals surface area contributed by atoms with Gasteiger partial charge in [-0.2, -0.15) is 0 Å². The van der Waals surface area contributed by atoms with Gasteiger partial charge in [-0.25, -0.2) is 0 Å². The van der Waals surface area contributed by atoms with Crippen LogP contribution in [0.5, 0.6) is 0 Å². The number of rotatable bonds is 8. The van der Waals surface area contributed by atoms with Crippen molar-refractivity contribution in [1.29, 1.82) is 0 Å². The van der Waals surface area contributed by atoms with Crippen molar-refractivity contribution in [2.45, 2.75) is 53.1 Å². The highest BCUT2D eigenvalue weighted by molar-refractivity contribution is 5.47. The molecule has 0 saturated heterocycles. The first kappa shape index (κ1) is 15.0. The van der Waals surface area contributed by atoms with E-state index in [1.807, 2.05) is 6.20 Å². The smallest absolute Gasteiger partial charge is 0.0562 e. The maximum atomic E-state index is 4.42. The molecule has 1 heterocycles. The molecule has 0 fully saturated rings. The maximum Gasteiger partial charge on any atom is 0.0562 e. The molecule has 0 aliphatic rings. The van der Waals surface area contributed by atoms with Crippen molar-refractivity contribution >= 4 is 5.69 Å². The van der Waals surface area contributed by atoms with Gasteiger partial charge in [0.25, 0.3) is 0 Å². The number of aromatic nitrogens is 1. The van der Waals surface area contributed by atoms with Crippen molar-refractivity contribution in [2.24, 2.45) is 0 Å². The second-order valence-corrected chi connectivity index (χ2v) is 4.97. The first-order chi connectivity index (χ1) is 8.69. The molecule has 0 aliphatic heterocycles. The van der Waals surface area contributed by atoms with Crippen LogP contribution in [0, 0.1) is 0 Å². The molecule has 0 bridgehead atoms. The number of hydrogen-bond donors (Lipinski definition) is 1. The summed E-state index contributed by atoms with van der Waals surface area (Å²) in [7, 11) is 0. The minimum atomic E-state index is 0.531. The van der Waals surface area contributed by atoms with Crippen molar-refractivity contribution in [3.63, 3.8) is 0 Å². The summed E-state index contributed by atoms with van der Waals surface area (Å²) in [4.78, 5) is 6.86. The van der Waals surface area contributed by atoms with E-state index >= 15 is 0 Å². The molecule has 0 spiro atoms. The molecule has 0 amide bonds. The molecule has 0 aromatic carbocycles. The minimum absolute atomic E-state index is 0.531. The van der Waals surface area contributed by atoms with E-state index in [1.165, 1.54) is 12.1 Å².